The Morgan fingerprint density at radius 3 is 1.46 bits per heavy atom. The molecule has 0 aliphatic rings. The zero-order valence-corrected chi connectivity index (χ0v) is 23.6. The van der Waals surface area contributed by atoms with E-state index in [2.05, 4.69) is 98.1 Å². The Morgan fingerprint density at radius 1 is 0.462 bits per heavy atom. The summed E-state index contributed by atoms with van der Waals surface area (Å²) in [5, 5.41) is 18.8. The third-order valence-electron chi connectivity index (χ3n) is 7.07. The van der Waals surface area contributed by atoms with Crippen molar-refractivity contribution in [3.05, 3.63) is 118 Å². The molecule has 0 saturated heterocycles. The number of rotatable bonds is 6. The van der Waals surface area contributed by atoms with Gasteiger partial charge in [0, 0.05) is 21.5 Å². The number of hydrogen-bond acceptors (Lipinski definition) is 6. The average molecular weight is 579 g/mol. The van der Waals surface area contributed by atoms with Gasteiger partial charge in [-0.2, -0.15) is 0 Å². The van der Waals surface area contributed by atoms with Crippen LogP contribution in [0.5, 0.6) is 0 Å². The Kier molecular flexibility index (Phi) is 5.45. The van der Waals surface area contributed by atoms with E-state index >= 15 is 4.39 Å². The number of benzene rings is 4. The fourth-order valence-corrected chi connectivity index (χ4v) is 8.62. The number of hydrogen-bond donors (Lipinski definition) is 0. The Balaban J connectivity index is 1.45. The van der Waals surface area contributed by atoms with Crippen molar-refractivity contribution in [3.63, 3.8) is 0 Å². The van der Waals surface area contributed by atoms with Crippen molar-refractivity contribution in [2.75, 3.05) is 9.80 Å². The van der Waals surface area contributed by atoms with Crippen molar-refractivity contribution in [1.29, 1.82) is 0 Å². The Morgan fingerprint density at radius 2 is 0.923 bits per heavy atom. The molecule has 0 spiro atoms. The average Bonchev–Trinajstić information content (AvgIpc) is 3.79. The molecule has 4 aromatic carbocycles. The van der Waals surface area contributed by atoms with Gasteiger partial charge in [-0.25, -0.2) is 4.39 Å². The normalized spacial score (nSPS) is 11.7. The van der Waals surface area contributed by atoms with Gasteiger partial charge in [0.15, 0.2) is 0 Å². The summed E-state index contributed by atoms with van der Waals surface area (Å²) in [7, 11) is 0. The molecule has 7 heteroatoms. The largest absolute Gasteiger partial charge is 0.292 e. The van der Waals surface area contributed by atoms with E-state index in [0.29, 0.717) is 5.39 Å². The van der Waals surface area contributed by atoms with E-state index in [1.165, 1.54) is 0 Å². The lowest BCUT2D eigenvalue weighted by atomic mass is 9.92. The predicted octanol–water partition coefficient (Wildman–Crippen LogP) is 11.9. The molecule has 4 heterocycles. The van der Waals surface area contributed by atoms with Crippen LogP contribution in [0, 0.1) is 5.82 Å². The highest BCUT2D eigenvalue weighted by Gasteiger charge is 2.24. The predicted molar refractivity (Wildman–Crippen MR) is 171 cm³/mol. The first-order chi connectivity index (χ1) is 19.3. The molecule has 0 N–H and O–H groups in total. The maximum atomic E-state index is 16.0. The summed E-state index contributed by atoms with van der Waals surface area (Å²) in [6.45, 7) is 0. The van der Waals surface area contributed by atoms with Crippen LogP contribution in [0.15, 0.2) is 113 Å². The van der Waals surface area contributed by atoms with Gasteiger partial charge in [0.1, 0.15) is 25.8 Å². The second-order valence-corrected chi connectivity index (χ2v) is 12.9. The topological polar surface area (TPSA) is 6.48 Å². The minimum atomic E-state index is -0.205. The standard InChI is InChI=1S/C32H19FN2S4/c33-24-19-26(35(29-7-3-17-38-29)30-8-4-18-39-30)23-11-9-20-10-14-25(22-13-12-21(24)32(23)31(20)22)34(27-5-1-15-36-27)28-6-2-16-37-28/h1-19H. The monoisotopic (exact) mass is 578 g/mol. The van der Waals surface area contributed by atoms with Gasteiger partial charge in [0.2, 0.25) is 0 Å². The van der Waals surface area contributed by atoms with Crippen molar-refractivity contribution in [2.45, 2.75) is 0 Å². The van der Waals surface area contributed by atoms with Gasteiger partial charge in [-0.3, -0.25) is 9.80 Å². The molecule has 0 aliphatic carbocycles. The van der Waals surface area contributed by atoms with Crippen LogP contribution in [0.1, 0.15) is 0 Å². The van der Waals surface area contributed by atoms with E-state index in [1.54, 1.807) is 51.4 Å². The molecule has 8 aromatic rings. The van der Waals surface area contributed by atoms with Gasteiger partial charge in [-0.05, 0) is 93.0 Å². The summed E-state index contributed by atoms with van der Waals surface area (Å²) in [5.41, 5.74) is 1.96. The first-order valence-electron chi connectivity index (χ1n) is 12.4. The van der Waals surface area contributed by atoms with Crippen molar-refractivity contribution in [1.82, 2.24) is 0 Å². The molecule has 0 saturated carbocycles. The van der Waals surface area contributed by atoms with E-state index in [-0.39, 0.29) is 5.82 Å². The first kappa shape index (κ1) is 23.2. The highest BCUT2D eigenvalue weighted by atomic mass is 32.1. The third-order valence-corrected chi connectivity index (χ3v) is 10.5. The number of thiophene rings is 4. The van der Waals surface area contributed by atoms with Crippen molar-refractivity contribution < 1.29 is 4.39 Å². The highest BCUT2D eigenvalue weighted by Crippen LogP contribution is 2.49. The van der Waals surface area contributed by atoms with Crippen LogP contribution in [0.25, 0.3) is 32.3 Å². The first-order valence-corrected chi connectivity index (χ1v) is 15.9. The highest BCUT2D eigenvalue weighted by molar-refractivity contribution is 7.17. The molecular formula is C32H19FN2S4. The smallest absolute Gasteiger partial charge is 0.133 e. The van der Waals surface area contributed by atoms with E-state index in [4.69, 9.17) is 0 Å². The molecule has 8 rings (SSSR count). The van der Waals surface area contributed by atoms with E-state index in [1.807, 2.05) is 18.2 Å². The minimum absolute atomic E-state index is 0.205. The molecule has 0 atom stereocenters. The molecule has 188 valence electrons. The maximum Gasteiger partial charge on any atom is 0.133 e. The van der Waals surface area contributed by atoms with Gasteiger partial charge < -0.3 is 0 Å². The third kappa shape index (κ3) is 3.62. The zero-order valence-electron chi connectivity index (χ0n) is 20.4. The van der Waals surface area contributed by atoms with Crippen LogP contribution in [0.4, 0.5) is 35.8 Å². The molecule has 0 fully saturated rings. The minimum Gasteiger partial charge on any atom is -0.292 e. The lowest BCUT2D eigenvalue weighted by molar-refractivity contribution is 0.640. The molecule has 4 aromatic heterocycles. The zero-order chi connectivity index (χ0) is 25.9. The SMILES string of the molecule is Fc1cc(N(c2cccs2)c2cccs2)c2ccc3ccc(N(c4cccs4)c4cccs4)c4ccc1c2c34. The van der Waals surface area contributed by atoms with Gasteiger partial charge in [-0.15, -0.1) is 45.3 Å². The summed E-state index contributed by atoms with van der Waals surface area (Å²) in [6, 6.07) is 31.2. The Hall–Kier alpha value is -3.75. The van der Waals surface area contributed by atoms with E-state index in [9.17, 15) is 0 Å². The molecule has 0 aliphatic heterocycles. The molecular weight excluding hydrogens is 560 g/mol. The second kappa shape index (κ2) is 9.17. The van der Waals surface area contributed by atoms with Crippen molar-refractivity contribution >= 4 is 109 Å². The van der Waals surface area contributed by atoms with Gasteiger partial charge in [0.25, 0.3) is 0 Å². The van der Waals surface area contributed by atoms with Crippen LogP contribution >= 0.6 is 45.3 Å². The van der Waals surface area contributed by atoms with Gasteiger partial charge in [-0.1, -0.05) is 30.3 Å². The van der Waals surface area contributed by atoms with Crippen LogP contribution in [-0.4, -0.2) is 0 Å². The summed E-state index contributed by atoms with van der Waals surface area (Å²) in [5.74, 6) is -0.205. The maximum absolute atomic E-state index is 16.0. The molecule has 0 unspecified atom stereocenters. The summed E-state index contributed by atoms with van der Waals surface area (Å²) in [6.07, 6.45) is 0. The van der Waals surface area contributed by atoms with Crippen molar-refractivity contribution in [2.24, 2.45) is 0 Å². The van der Waals surface area contributed by atoms with Crippen LogP contribution in [0.3, 0.4) is 0 Å². The lowest BCUT2D eigenvalue weighted by Gasteiger charge is -2.26. The van der Waals surface area contributed by atoms with Crippen LogP contribution < -0.4 is 9.80 Å². The fraction of sp³-hybridized carbons (Fsp3) is 0. The molecule has 2 nitrogen and oxygen atoms in total. The second-order valence-electron chi connectivity index (χ2n) is 9.19. The van der Waals surface area contributed by atoms with Crippen LogP contribution in [-0.2, 0) is 0 Å². The fourth-order valence-electron chi connectivity index (χ4n) is 5.48. The number of nitrogens with zero attached hydrogens (tertiary/aromatic N) is 2. The summed E-state index contributed by atoms with van der Waals surface area (Å²) < 4.78 is 16.0. The number of halogens is 1. The number of anilines is 6. The van der Waals surface area contributed by atoms with Gasteiger partial charge in [0.05, 0.1) is 11.4 Å². The van der Waals surface area contributed by atoms with Crippen molar-refractivity contribution in [3.8, 4) is 0 Å². The van der Waals surface area contributed by atoms with E-state index < -0.39 is 0 Å². The Bertz CT molecular complexity index is 1960. The van der Waals surface area contributed by atoms with E-state index in [0.717, 1.165) is 58.3 Å². The Labute approximate surface area is 240 Å². The van der Waals surface area contributed by atoms with Crippen LogP contribution in [0.2, 0.25) is 0 Å². The summed E-state index contributed by atoms with van der Waals surface area (Å²) >= 11 is 6.75. The molecule has 0 radical (unpaired) electrons. The molecule has 39 heavy (non-hydrogen) atoms. The van der Waals surface area contributed by atoms with Gasteiger partial charge >= 0.3 is 0 Å². The molecule has 0 amide bonds. The molecule has 0 bridgehead atoms. The quantitative estimate of drug-likeness (QED) is 0.181. The lowest BCUT2D eigenvalue weighted by Crippen LogP contribution is -2.09. The summed E-state index contributed by atoms with van der Waals surface area (Å²) in [4.78, 5) is 4.51.